The molecule has 0 unspecified atom stereocenters. The highest BCUT2D eigenvalue weighted by atomic mass is 16.6. The highest BCUT2D eigenvalue weighted by Crippen LogP contribution is 2.11. The standard InChI is InChI=1S/C18H16O6/c19-11-15(23-17(21)13-7-3-1-4-8-13)16(12-20)24-18(22)14-9-5-2-6-10-14/h1-11,15-16,20H,12H2/t15-,16+/m1/s1. The number of aldehydes is 1. The normalized spacial score (nSPS) is 12.7. The van der Waals surface area contributed by atoms with E-state index >= 15 is 0 Å². The lowest BCUT2D eigenvalue weighted by Crippen LogP contribution is -2.39. The summed E-state index contributed by atoms with van der Waals surface area (Å²) in [6.07, 6.45) is -2.38. The van der Waals surface area contributed by atoms with Gasteiger partial charge < -0.3 is 14.6 Å². The Morgan fingerprint density at radius 1 is 0.875 bits per heavy atom. The van der Waals surface area contributed by atoms with Crippen molar-refractivity contribution in [3.05, 3.63) is 71.8 Å². The molecule has 6 heteroatoms. The number of hydrogen-bond acceptors (Lipinski definition) is 6. The number of carbonyl (C=O) groups excluding carboxylic acids is 3. The molecule has 2 atom stereocenters. The first-order chi connectivity index (χ1) is 11.7. The summed E-state index contributed by atoms with van der Waals surface area (Å²) in [5.41, 5.74) is 0.505. The van der Waals surface area contributed by atoms with Crippen molar-refractivity contribution >= 4 is 18.2 Å². The van der Waals surface area contributed by atoms with Crippen molar-refractivity contribution in [2.75, 3.05) is 6.61 Å². The molecule has 0 radical (unpaired) electrons. The van der Waals surface area contributed by atoms with Crippen LogP contribution in [0, 0.1) is 0 Å². The van der Waals surface area contributed by atoms with Crippen LogP contribution in [0.2, 0.25) is 0 Å². The van der Waals surface area contributed by atoms with Crippen molar-refractivity contribution in [2.45, 2.75) is 12.2 Å². The van der Waals surface area contributed by atoms with Gasteiger partial charge in [-0.25, -0.2) is 9.59 Å². The van der Waals surface area contributed by atoms with Gasteiger partial charge in [-0.05, 0) is 24.3 Å². The summed E-state index contributed by atoms with van der Waals surface area (Å²) >= 11 is 0. The van der Waals surface area contributed by atoms with Gasteiger partial charge in [0.15, 0.2) is 18.5 Å². The number of hydrogen-bond donors (Lipinski definition) is 1. The Morgan fingerprint density at radius 2 is 1.33 bits per heavy atom. The first kappa shape index (κ1) is 17.4. The van der Waals surface area contributed by atoms with Gasteiger partial charge in [0, 0.05) is 0 Å². The molecule has 6 nitrogen and oxygen atoms in total. The average Bonchev–Trinajstić information content (AvgIpc) is 2.65. The summed E-state index contributed by atoms with van der Waals surface area (Å²) in [5, 5.41) is 9.38. The van der Waals surface area contributed by atoms with Gasteiger partial charge in [0.2, 0.25) is 0 Å². The van der Waals surface area contributed by atoms with Crippen molar-refractivity contribution in [2.24, 2.45) is 0 Å². The third-order valence-electron chi connectivity index (χ3n) is 3.20. The minimum Gasteiger partial charge on any atom is -0.452 e. The maximum Gasteiger partial charge on any atom is 0.338 e. The molecule has 0 fully saturated rings. The van der Waals surface area contributed by atoms with E-state index in [0.29, 0.717) is 6.29 Å². The van der Waals surface area contributed by atoms with Gasteiger partial charge in [0.25, 0.3) is 0 Å². The van der Waals surface area contributed by atoms with Crippen LogP contribution in [0.1, 0.15) is 20.7 Å². The van der Waals surface area contributed by atoms with E-state index in [0.717, 1.165) is 0 Å². The molecule has 0 aromatic heterocycles. The van der Waals surface area contributed by atoms with Crippen molar-refractivity contribution in [1.82, 2.24) is 0 Å². The summed E-state index contributed by atoms with van der Waals surface area (Å²) < 4.78 is 10.1. The number of rotatable bonds is 7. The zero-order valence-corrected chi connectivity index (χ0v) is 12.7. The molecule has 2 aromatic carbocycles. The molecule has 0 spiro atoms. The molecule has 0 aliphatic rings. The molecule has 0 heterocycles. The number of aliphatic hydroxyl groups excluding tert-OH is 1. The van der Waals surface area contributed by atoms with Crippen LogP contribution in [0.5, 0.6) is 0 Å². The van der Waals surface area contributed by atoms with Crippen molar-refractivity contribution < 1.29 is 29.0 Å². The lowest BCUT2D eigenvalue weighted by molar-refractivity contribution is -0.123. The van der Waals surface area contributed by atoms with Crippen LogP contribution in [-0.4, -0.2) is 42.1 Å². The SMILES string of the molecule is O=C[C@@H](OC(=O)c1ccccc1)[C@H](CO)OC(=O)c1ccccc1. The Bertz CT molecular complexity index is 683. The predicted octanol–water partition coefficient (Wildman–Crippen LogP) is 1.63. The van der Waals surface area contributed by atoms with E-state index in [9.17, 15) is 19.5 Å². The smallest absolute Gasteiger partial charge is 0.338 e. The van der Waals surface area contributed by atoms with Gasteiger partial charge in [0.1, 0.15) is 0 Å². The first-order valence-electron chi connectivity index (χ1n) is 7.24. The second-order valence-electron chi connectivity index (χ2n) is 4.86. The van der Waals surface area contributed by atoms with Crippen molar-refractivity contribution in [3.63, 3.8) is 0 Å². The van der Waals surface area contributed by atoms with Crippen LogP contribution >= 0.6 is 0 Å². The Morgan fingerprint density at radius 3 is 1.75 bits per heavy atom. The largest absolute Gasteiger partial charge is 0.452 e. The van der Waals surface area contributed by atoms with Gasteiger partial charge in [-0.3, -0.25) is 4.79 Å². The fourth-order valence-corrected chi connectivity index (χ4v) is 1.95. The zero-order valence-electron chi connectivity index (χ0n) is 12.7. The predicted molar refractivity (Wildman–Crippen MR) is 84.4 cm³/mol. The Balaban J connectivity index is 2.05. The van der Waals surface area contributed by atoms with Crippen LogP contribution in [0.15, 0.2) is 60.7 Å². The molecular formula is C18H16O6. The van der Waals surface area contributed by atoms with Gasteiger partial charge in [-0.1, -0.05) is 36.4 Å². The van der Waals surface area contributed by atoms with Crippen LogP contribution < -0.4 is 0 Å². The molecule has 1 N–H and O–H groups in total. The molecule has 0 amide bonds. The third-order valence-corrected chi connectivity index (χ3v) is 3.20. The van der Waals surface area contributed by atoms with E-state index in [4.69, 9.17) is 9.47 Å². The second-order valence-corrected chi connectivity index (χ2v) is 4.86. The topological polar surface area (TPSA) is 89.9 Å². The van der Waals surface area contributed by atoms with Gasteiger partial charge in [0.05, 0.1) is 17.7 Å². The van der Waals surface area contributed by atoms with Crippen LogP contribution in [0.25, 0.3) is 0 Å². The highest BCUT2D eigenvalue weighted by molar-refractivity contribution is 5.91. The van der Waals surface area contributed by atoms with Crippen LogP contribution in [0.3, 0.4) is 0 Å². The third kappa shape index (κ3) is 4.50. The lowest BCUT2D eigenvalue weighted by Gasteiger charge is -2.21. The molecule has 2 aromatic rings. The molecule has 24 heavy (non-hydrogen) atoms. The fraction of sp³-hybridized carbons (Fsp3) is 0.167. The molecule has 0 saturated heterocycles. The maximum absolute atomic E-state index is 12.0. The number of aliphatic hydroxyl groups is 1. The molecule has 124 valence electrons. The second kappa shape index (κ2) is 8.59. The molecular weight excluding hydrogens is 312 g/mol. The Hall–Kier alpha value is -2.99. The van der Waals surface area contributed by atoms with Crippen LogP contribution in [0.4, 0.5) is 0 Å². The molecule has 0 saturated carbocycles. The maximum atomic E-state index is 12.0. The number of benzene rings is 2. The molecule has 2 rings (SSSR count). The highest BCUT2D eigenvalue weighted by Gasteiger charge is 2.28. The molecule has 0 aliphatic carbocycles. The van der Waals surface area contributed by atoms with Gasteiger partial charge >= 0.3 is 11.9 Å². The summed E-state index contributed by atoms with van der Waals surface area (Å²) in [5.74, 6) is -1.47. The average molecular weight is 328 g/mol. The number of ether oxygens (including phenoxy) is 2. The number of carbonyl (C=O) groups is 3. The van der Waals surface area contributed by atoms with E-state index in [1.54, 1.807) is 36.4 Å². The molecule has 0 bridgehead atoms. The summed E-state index contributed by atoms with van der Waals surface area (Å²) in [6.45, 7) is -0.663. The lowest BCUT2D eigenvalue weighted by atomic mass is 10.2. The number of esters is 2. The molecule has 0 aliphatic heterocycles. The van der Waals surface area contributed by atoms with Gasteiger partial charge in [-0.15, -0.1) is 0 Å². The Kier molecular flexibility index (Phi) is 6.22. The van der Waals surface area contributed by atoms with Gasteiger partial charge in [-0.2, -0.15) is 0 Å². The summed E-state index contributed by atoms with van der Waals surface area (Å²) in [6, 6.07) is 16.2. The van der Waals surface area contributed by atoms with E-state index < -0.39 is 30.8 Å². The quantitative estimate of drug-likeness (QED) is 0.614. The van der Waals surface area contributed by atoms with E-state index in [1.807, 2.05) is 0 Å². The van der Waals surface area contributed by atoms with E-state index in [2.05, 4.69) is 0 Å². The Labute approximate surface area is 138 Å². The van der Waals surface area contributed by atoms with Crippen molar-refractivity contribution in [1.29, 1.82) is 0 Å². The minimum atomic E-state index is -1.41. The summed E-state index contributed by atoms with van der Waals surface area (Å²) in [7, 11) is 0. The zero-order chi connectivity index (χ0) is 17.4. The van der Waals surface area contributed by atoms with E-state index in [1.165, 1.54) is 24.3 Å². The monoisotopic (exact) mass is 328 g/mol. The van der Waals surface area contributed by atoms with E-state index in [-0.39, 0.29) is 11.1 Å². The summed E-state index contributed by atoms with van der Waals surface area (Å²) in [4.78, 5) is 35.2. The fourth-order valence-electron chi connectivity index (χ4n) is 1.95. The first-order valence-corrected chi connectivity index (χ1v) is 7.24. The van der Waals surface area contributed by atoms with Crippen LogP contribution in [-0.2, 0) is 14.3 Å². The minimum absolute atomic E-state index is 0.246. The van der Waals surface area contributed by atoms with Crippen molar-refractivity contribution in [3.8, 4) is 0 Å².